The smallest absolute Gasteiger partial charge is 0.287 e. The van der Waals surface area contributed by atoms with Gasteiger partial charge in [0.25, 0.3) is 5.91 Å². The van der Waals surface area contributed by atoms with Crippen LogP contribution in [0, 0.1) is 0 Å². The van der Waals surface area contributed by atoms with Crippen LogP contribution in [0.25, 0.3) is 11.0 Å². The van der Waals surface area contributed by atoms with Gasteiger partial charge in [-0.25, -0.2) is 0 Å². The Morgan fingerprint density at radius 1 is 1.12 bits per heavy atom. The van der Waals surface area contributed by atoms with E-state index in [9.17, 15) is 9.59 Å². The van der Waals surface area contributed by atoms with Crippen LogP contribution in [0.3, 0.4) is 0 Å². The standard InChI is InChI=1S/C19H15NO3S/c21-15-11-17(23-16-7-3-1-6-13(15)16)19(22)20-14-9-10-24-18-8-4-2-5-12(14)18/h1-8,11,14H,9-10H2,(H,20,22). The third kappa shape index (κ3) is 2.71. The van der Waals surface area contributed by atoms with Crippen LogP contribution in [-0.4, -0.2) is 11.7 Å². The second-order valence-corrected chi connectivity index (χ2v) is 6.81. The van der Waals surface area contributed by atoms with E-state index in [0.717, 1.165) is 17.7 Å². The maximum absolute atomic E-state index is 12.6. The molecule has 0 saturated carbocycles. The first-order valence-electron chi connectivity index (χ1n) is 7.78. The normalized spacial score (nSPS) is 16.6. The highest BCUT2D eigenvalue weighted by Crippen LogP contribution is 2.35. The molecule has 4 nitrogen and oxygen atoms in total. The molecule has 0 saturated heterocycles. The van der Waals surface area contributed by atoms with E-state index < -0.39 is 0 Å². The highest BCUT2D eigenvalue weighted by molar-refractivity contribution is 7.99. The van der Waals surface area contributed by atoms with Crippen molar-refractivity contribution in [2.45, 2.75) is 17.4 Å². The number of hydrogen-bond acceptors (Lipinski definition) is 4. The van der Waals surface area contributed by atoms with Crippen molar-refractivity contribution in [2.75, 3.05) is 5.75 Å². The van der Waals surface area contributed by atoms with Crippen molar-refractivity contribution in [2.24, 2.45) is 0 Å². The molecule has 1 unspecified atom stereocenters. The first-order valence-corrected chi connectivity index (χ1v) is 8.76. The number of hydrogen-bond donors (Lipinski definition) is 1. The molecule has 24 heavy (non-hydrogen) atoms. The second kappa shape index (κ2) is 6.17. The Hall–Kier alpha value is -2.53. The number of nitrogens with one attached hydrogen (secondary N) is 1. The molecule has 0 aliphatic carbocycles. The lowest BCUT2D eigenvalue weighted by atomic mass is 10.0. The van der Waals surface area contributed by atoms with Crippen LogP contribution in [-0.2, 0) is 0 Å². The van der Waals surface area contributed by atoms with Gasteiger partial charge in [-0.1, -0.05) is 30.3 Å². The number of amides is 1. The van der Waals surface area contributed by atoms with E-state index in [1.807, 2.05) is 18.2 Å². The fourth-order valence-corrected chi connectivity index (χ4v) is 4.06. The van der Waals surface area contributed by atoms with E-state index in [0.29, 0.717) is 11.0 Å². The predicted molar refractivity (Wildman–Crippen MR) is 94.5 cm³/mol. The molecule has 120 valence electrons. The van der Waals surface area contributed by atoms with Crippen molar-refractivity contribution in [3.63, 3.8) is 0 Å². The number of para-hydroxylation sites is 1. The van der Waals surface area contributed by atoms with Gasteiger partial charge in [0.15, 0.2) is 11.2 Å². The molecule has 0 fully saturated rings. The van der Waals surface area contributed by atoms with Gasteiger partial charge in [-0.05, 0) is 30.2 Å². The summed E-state index contributed by atoms with van der Waals surface area (Å²) in [7, 11) is 0. The summed E-state index contributed by atoms with van der Waals surface area (Å²) in [5.74, 6) is 0.642. The van der Waals surface area contributed by atoms with Gasteiger partial charge in [-0.3, -0.25) is 9.59 Å². The SMILES string of the molecule is O=C(NC1CCSc2ccccc21)c1cc(=O)c2ccccc2o1. The fourth-order valence-electron chi connectivity index (χ4n) is 2.94. The minimum atomic E-state index is -0.357. The van der Waals surface area contributed by atoms with Crippen molar-refractivity contribution in [1.29, 1.82) is 0 Å². The molecule has 0 radical (unpaired) electrons. The van der Waals surface area contributed by atoms with Gasteiger partial charge in [-0.2, -0.15) is 0 Å². The summed E-state index contributed by atoms with van der Waals surface area (Å²) in [4.78, 5) is 25.9. The van der Waals surface area contributed by atoms with Crippen molar-refractivity contribution < 1.29 is 9.21 Å². The van der Waals surface area contributed by atoms with E-state index >= 15 is 0 Å². The van der Waals surface area contributed by atoms with E-state index in [1.165, 1.54) is 11.0 Å². The summed E-state index contributed by atoms with van der Waals surface area (Å²) in [6.45, 7) is 0. The zero-order chi connectivity index (χ0) is 16.5. The van der Waals surface area contributed by atoms with Crippen molar-refractivity contribution >= 4 is 28.6 Å². The molecule has 1 amide bonds. The molecular formula is C19H15NO3S. The highest BCUT2D eigenvalue weighted by Gasteiger charge is 2.23. The quantitative estimate of drug-likeness (QED) is 0.773. The summed E-state index contributed by atoms with van der Waals surface area (Å²) in [5, 5.41) is 3.48. The number of benzene rings is 2. The van der Waals surface area contributed by atoms with Crippen LogP contribution in [0.4, 0.5) is 0 Å². The van der Waals surface area contributed by atoms with Crippen LogP contribution in [0.5, 0.6) is 0 Å². The first kappa shape index (κ1) is 15.0. The van der Waals surface area contributed by atoms with Gasteiger partial charge >= 0.3 is 0 Å². The average molecular weight is 337 g/mol. The van der Waals surface area contributed by atoms with Gasteiger partial charge in [0, 0.05) is 16.7 Å². The zero-order valence-corrected chi connectivity index (χ0v) is 13.6. The third-order valence-corrected chi connectivity index (χ3v) is 5.24. The average Bonchev–Trinajstić information content (AvgIpc) is 2.62. The molecule has 1 aliphatic heterocycles. The summed E-state index contributed by atoms with van der Waals surface area (Å²) in [6, 6.07) is 16.2. The molecule has 5 heteroatoms. The summed E-state index contributed by atoms with van der Waals surface area (Å²) in [6.07, 6.45) is 0.852. The number of fused-ring (bicyclic) bond motifs is 2. The summed E-state index contributed by atoms with van der Waals surface area (Å²) in [5.41, 5.74) is 1.33. The highest BCUT2D eigenvalue weighted by atomic mass is 32.2. The van der Waals surface area contributed by atoms with Crippen LogP contribution >= 0.6 is 11.8 Å². The maximum atomic E-state index is 12.6. The van der Waals surface area contributed by atoms with Crippen molar-refractivity contribution in [3.05, 3.63) is 76.1 Å². The molecule has 3 aromatic rings. The minimum absolute atomic E-state index is 0.0504. The molecule has 0 bridgehead atoms. The van der Waals surface area contributed by atoms with Gasteiger partial charge in [-0.15, -0.1) is 11.8 Å². The number of carbonyl (C=O) groups is 1. The molecule has 1 aromatic heterocycles. The van der Waals surface area contributed by atoms with Crippen LogP contribution in [0.1, 0.15) is 28.6 Å². The summed E-state index contributed by atoms with van der Waals surface area (Å²) < 4.78 is 5.62. The fraction of sp³-hybridized carbons (Fsp3) is 0.158. The third-order valence-electron chi connectivity index (χ3n) is 4.12. The Labute approximate surface area is 142 Å². The van der Waals surface area contributed by atoms with Gasteiger partial charge in [0.1, 0.15) is 5.58 Å². The zero-order valence-electron chi connectivity index (χ0n) is 12.8. The molecule has 0 spiro atoms. The molecule has 1 aliphatic rings. The first-order chi connectivity index (χ1) is 11.7. The second-order valence-electron chi connectivity index (χ2n) is 5.67. The maximum Gasteiger partial charge on any atom is 0.287 e. The Morgan fingerprint density at radius 3 is 2.83 bits per heavy atom. The Bertz CT molecular complexity index is 980. The molecule has 1 atom stereocenters. The molecule has 2 heterocycles. The molecule has 2 aromatic carbocycles. The number of thioether (sulfide) groups is 1. The van der Waals surface area contributed by atoms with Gasteiger partial charge in [0.05, 0.1) is 11.4 Å². The van der Waals surface area contributed by atoms with Crippen molar-refractivity contribution in [1.82, 2.24) is 5.32 Å². The lowest BCUT2D eigenvalue weighted by Gasteiger charge is -2.25. The Morgan fingerprint density at radius 2 is 1.92 bits per heavy atom. The lowest BCUT2D eigenvalue weighted by molar-refractivity contribution is 0.0907. The number of rotatable bonds is 2. The minimum Gasteiger partial charge on any atom is -0.451 e. The topological polar surface area (TPSA) is 59.3 Å². The van der Waals surface area contributed by atoms with Crippen LogP contribution in [0.15, 0.2) is 68.7 Å². The van der Waals surface area contributed by atoms with E-state index in [1.54, 1.807) is 36.0 Å². The predicted octanol–water partition coefficient (Wildman–Crippen LogP) is 3.76. The summed E-state index contributed by atoms with van der Waals surface area (Å²) >= 11 is 1.79. The largest absolute Gasteiger partial charge is 0.451 e. The van der Waals surface area contributed by atoms with E-state index in [2.05, 4.69) is 11.4 Å². The Balaban J connectivity index is 1.65. The van der Waals surface area contributed by atoms with Crippen LogP contribution < -0.4 is 10.7 Å². The Kier molecular flexibility index (Phi) is 3.86. The van der Waals surface area contributed by atoms with Gasteiger partial charge in [0.2, 0.25) is 0 Å². The van der Waals surface area contributed by atoms with E-state index in [-0.39, 0.29) is 23.1 Å². The molecule has 4 rings (SSSR count). The monoisotopic (exact) mass is 337 g/mol. The molecule has 1 N–H and O–H groups in total. The lowest BCUT2D eigenvalue weighted by Crippen LogP contribution is -2.31. The number of carbonyl (C=O) groups excluding carboxylic acids is 1. The van der Waals surface area contributed by atoms with Crippen molar-refractivity contribution in [3.8, 4) is 0 Å². The molecular weight excluding hydrogens is 322 g/mol. The van der Waals surface area contributed by atoms with Crippen LogP contribution in [0.2, 0.25) is 0 Å². The van der Waals surface area contributed by atoms with Gasteiger partial charge < -0.3 is 9.73 Å². The van der Waals surface area contributed by atoms with E-state index in [4.69, 9.17) is 4.42 Å².